The van der Waals surface area contributed by atoms with Crippen LogP contribution in [0.5, 0.6) is 0 Å². The van der Waals surface area contributed by atoms with Gasteiger partial charge in [0.1, 0.15) is 81.8 Å². The van der Waals surface area contributed by atoms with Gasteiger partial charge in [0, 0.05) is 112 Å². The number of Topliss-reactive ketones (excluding diaryl/α,β-unsaturated/α-hetero) is 4. The van der Waals surface area contributed by atoms with E-state index in [1.807, 2.05) is 26.0 Å². The van der Waals surface area contributed by atoms with Crippen LogP contribution in [-0.4, -0.2) is 125 Å². The normalized spacial score (nSPS) is 13.5. The molecule has 472 valence electrons. The predicted molar refractivity (Wildman–Crippen MR) is 352 cm³/mol. The molecule has 4 atom stereocenters. The number of thioether (sulfide) groups is 5. The maximum absolute atomic E-state index is 11.6. The molecule has 1 saturated heterocycles. The summed E-state index contributed by atoms with van der Waals surface area (Å²) in [6.07, 6.45) is 15.1. The molecule has 4 unspecified atom stereocenters. The van der Waals surface area contributed by atoms with E-state index >= 15 is 0 Å². The van der Waals surface area contributed by atoms with Gasteiger partial charge in [-0.25, -0.2) is 49.8 Å². The first-order valence-electron chi connectivity index (χ1n) is 27.6. The van der Waals surface area contributed by atoms with Crippen LogP contribution in [0.25, 0.3) is 0 Å². The van der Waals surface area contributed by atoms with Gasteiger partial charge in [0.15, 0.2) is 5.78 Å². The quantitative estimate of drug-likeness (QED) is 0.0287. The molecule has 6 aromatic rings. The van der Waals surface area contributed by atoms with Gasteiger partial charge in [-0.05, 0) is 73.4 Å². The number of anilines is 5. The monoisotopic (exact) mass is 1290 g/mol. The van der Waals surface area contributed by atoms with E-state index in [1.165, 1.54) is 25.0 Å². The number of aryl methyl sites for hydroxylation is 4. The number of carbonyl (C=O) groups excluding carboxylic acids is 6. The molecule has 1 aliphatic heterocycles. The van der Waals surface area contributed by atoms with Crippen molar-refractivity contribution in [3.05, 3.63) is 113 Å². The first-order chi connectivity index (χ1) is 41.4. The number of carbonyl (C=O) groups is 6. The molecule has 14 N–H and O–H groups in total. The number of piperidine rings is 1. The summed E-state index contributed by atoms with van der Waals surface area (Å²) in [4.78, 5) is 108. The van der Waals surface area contributed by atoms with Crippen LogP contribution in [0, 0.1) is 27.7 Å². The minimum Gasteiger partial charge on any atom is -0.468 e. The maximum atomic E-state index is 11.6. The summed E-state index contributed by atoms with van der Waals surface area (Å²) < 4.78 is 5.22. The summed E-state index contributed by atoms with van der Waals surface area (Å²) in [5, 5.41) is 5.28. The number of nitrogens with two attached hydrogens (primary N) is 6. The Morgan fingerprint density at radius 1 is 0.632 bits per heavy atom. The molecular formula is C57H82N18O7S5. The van der Waals surface area contributed by atoms with Gasteiger partial charge in [-0.2, -0.15) is 23.5 Å². The Morgan fingerprint density at radius 3 is 1.56 bits per heavy atom. The van der Waals surface area contributed by atoms with Gasteiger partial charge in [0.05, 0.1) is 41.1 Å². The van der Waals surface area contributed by atoms with Gasteiger partial charge >= 0.3 is 0 Å². The highest BCUT2D eigenvalue weighted by Crippen LogP contribution is 2.26. The van der Waals surface area contributed by atoms with E-state index in [2.05, 4.69) is 67.4 Å². The molecule has 0 spiro atoms. The second-order valence-corrected chi connectivity index (χ2v) is 24.9. The largest absolute Gasteiger partial charge is 0.468 e. The highest BCUT2D eigenvalue weighted by atomic mass is 32.2. The van der Waals surface area contributed by atoms with E-state index in [1.54, 1.807) is 119 Å². The molecule has 25 nitrogen and oxygen atoms in total. The fraction of sp³-hybridized carbons (Fsp3) is 0.474. The third kappa shape index (κ3) is 29.5. The molecular weight excluding hydrogens is 1210 g/mol. The lowest BCUT2D eigenvalue weighted by Gasteiger charge is -2.21. The van der Waals surface area contributed by atoms with Crippen LogP contribution >= 0.6 is 58.8 Å². The van der Waals surface area contributed by atoms with Gasteiger partial charge in [-0.1, -0.05) is 20.3 Å². The number of ketones is 4. The SMILES string of the molecule is CC(=O)CNC(=O)C(N)CSCc1cnc(C)nc1N.CCC(SCc1cnc(C)nc1N)C(C)=O.CCCC(SCc1cnc(C)nc1N)C(C)=O.Cc1ncc(CSCC2NC(=O)CCC2=O)c(N)n1.Nc1ncncc1CSCc1ccco1. The van der Waals surface area contributed by atoms with Crippen molar-refractivity contribution in [3.63, 3.8) is 0 Å². The van der Waals surface area contributed by atoms with Crippen molar-refractivity contribution in [2.75, 3.05) is 46.7 Å². The zero-order chi connectivity index (χ0) is 64.4. The molecule has 30 heteroatoms. The Labute approximate surface area is 529 Å². The average Bonchev–Trinajstić information content (AvgIpc) is 4.17. The van der Waals surface area contributed by atoms with Crippen molar-refractivity contribution in [2.24, 2.45) is 5.73 Å². The van der Waals surface area contributed by atoms with E-state index in [0.717, 1.165) is 64.3 Å². The predicted octanol–water partition coefficient (Wildman–Crippen LogP) is 6.49. The number of amides is 2. The maximum Gasteiger partial charge on any atom is 0.238 e. The number of hydrogen-bond acceptors (Lipinski definition) is 28. The molecule has 1 fully saturated rings. The number of hydrogen-bond donors (Lipinski definition) is 8. The number of furan rings is 1. The van der Waals surface area contributed by atoms with Crippen molar-refractivity contribution in [1.29, 1.82) is 0 Å². The number of nitrogen functional groups attached to an aromatic ring is 5. The van der Waals surface area contributed by atoms with Gasteiger partial charge in [-0.15, -0.1) is 35.3 Å². The van der Waals surface area contributed by atoms with Crippen LogP contribution in [0.3, 0.4) is 0 Å². The molecule has 2 amide bonds. The third-order valence-electron chi connectivity index (χ3n) is 12.0. The highest BCUT2D eigenvalue weighted by molar-refractivity contribution is 8.00. The average molecular weight is 1290 g/mol. The molecule has 0 radical (unpaired) electrons. The van der Waals surface area contributed by atoms with Gasteiger partial charge in [-0.3, -0.25) is 28.8 Å². The van der Waals surface area contributed by atoms with Crippen molar-refractivity contribution < 1.29 is 33.2 Å². The summed E-state index contributed by atoms with van der Waals surface area (Å²) >= 11 is 7.94. The molecule has 7 rings (SSSR count). The zero-order valence-electron chi connectivity index (χ0n) is 50.7. The Kier molecular flexibility index (Phi) is 34.5. The van der Waals surface area contributed by atoms with Crippen molar-refractivity contribution >= 4 is 123 Å². The van der Waals surface area contributed by atoms with Crippen molar-refractivity contribution in [1.82, 2.24) is 60.5 Å². The number of nitrogens with one attached hydrogen (secondary N) is 2. The first-order valence-corrected chi connectivity index (χ1v) is 33.2. The van der Waals surface area contributed by atoms with Crippen LogP contribution in [0.15, 0.2) is 60.1 Å². The third-order valence-corrected chi connectivity index (χ3v) is 18.1. The summed E-state index contributed by atoms with van der Waals surface area (Å²) in [5.41, 5.74) is 39.0. The molecule has 0 aromatic carbocycles. The van der Waals surface area contributed by atoms with Gasteiger partial charge in [0.2, 0.25) is 11.8 Å². The van der Waals surface area contributed by atoms with E-state index in [0.29, 0.717) is 99.7 Å². The van der Waals surface area contributed by atoms with Gasteiger partial charge < -0.3 is 49.5 Å². The Balaban J connectivity index is 0.000000285. The van der Waals surface area contributed by atoms with E-state index in [-0.39, 0.29) is 58.0 Å². The molecule has 7 heterocycles. The number of nitrogens with zero attached hydrogens (tertiary/aromatic N) is 10. The van der Waals surface area contributed by atoms with E-state index < -0.39 is 6.04 Å². The topological polar surface area (TPSA) is 425 Å². The lowest BCUT2D eigenvalue weighted by Crippen LogP contribution is -2.46. The standard InChI is InChI=1S/C12H19N5O2S.C12H16N4O2S.C12H19N3OS.C11H17N3OS.C10H11N3OS/c1-7(18)3-16-12(19)10(13)6-20-5-9-4-15-8(2)17-11(9)14;1-7-14-4-8(12(13)15-7)5-19-6-9-10(17)2-3-11(18)16-9;1-4-5-11(8(2)16)17-7-10-6-14-9(3)15-12(10)13;1-4-10(7(2)15)16-6-9-5-13-8(3)14-11(9)12;11-10-8(4-12-7-13-10)5-15-6-9-2-1-3-14-9/h4,10H,3,5-6,13H2,1-2H3,(H,16,19)(H2,14,15,17);4,9H,2-3,5-6H2,1H3,(H,16,18)(H2,13,14,15);6,11H,4-5,7H2,1-3H3,(H2,13,14,15);5,10H,4,6H2,1-3H3,(H2,12,13,14);1-4,7H,5-6H2,(H2,11,12,13). The second-order valence-electron chi connectivity index (χ2n) is 19.5. The van der Waals surface area contributed by atoms with Crippen molar-refractivity contribution in [3.8, 4) is 0 Å². The van der Waals surface area contributed by atoms with Crippen LogP contribution in [0.2, 0.25) is 0 Å². The van der Waals surface area contributed by atoms with Crippen LogP contribution < -0.4 is 45.0 Å². The fourth-order valence-corrected chi connectivity index (χ4v) is 12.3. The lowest BCUT2D eigenvalue weighted by atomic mass is 10.0. The minimum atomic E-state index is -0.660. The van der Waals surface area contributed by atoms with Crippen molar-refractivity contribution in [2.45, 2.75) is 152 Å². The van der Waals surface area contributed by atoms with E-state index in [4.69, 9.17) is 38.8 Å². The molecule has 6 aromatic heterocycles. The minimum absolute atomic E-state index is 0.00987. The Bertz CT molecular complexity index is 3150. The summed E-state index contributed by atoms with van der Waals surface area (Å²) in [7, 11) is 0. The molecule has 87 heavy (non-hydrogen) atoms. The van der Waals surface area contributed by atoms with Crippen LogP contribution in [0.1, 0.15) is 124 Å². The first kappa shape index (κ1) is 74.3. The fourth-order valence-electron chi connectivity index (χ4n) is 7.09. The summed E-state index contributed by atoms with van der Waals surface area (Å²) in [6.45, 7) is 15.9. The summed E-state index contributed by atoms with van der Waals surface area (Å²) in [5.74, 6) is 11.3. The highest BCUT2D eigenvalue weighted by Gasteiger charge is 2.26. The van der Waals surface area contributed by atoms with E-state index in [9.17, 15) is 28.8 Å². The zero-order valence-corrected chi connectivity index (χ0v) is 54.8. The smallest absolute Gasteiger partial charge is 0.238 e. The van der Waals surface area contributed by atoms with Crippen LogP contribution in [0.4, 0.5) is 29.1 Å². The number of aromatic nitrogens is 10. The molecule has 0 bridgehead atoms. The molecule has 0 aliphatic carbocycles. The number of rotatable bonds is 26. The van der Waals surface area contributed by atoms with Crippen LogP contribution in [-0.2, 0) is 63.3 Å². The molecule has 1 aliphatic rings. The Hall–Kier alpha value is -6.99. The van der Waals surface area contributed by atoms with Gasteiger partial charge in [0.25, 0.3) is 0 Å². The Morgan fingerprint density at radius 2 is 1.11 bits per heavy atom. The molecule has 0 saturated carbocycles. The second kappa shape index (κ2) is 40.5. The lowest BCUT2D eigenvalue weighted by molar-refractivity contribution is -0.132. The summed E-state index contributed by atoms with van der Waals surface area (Å²) in [6, 6.07) is 2.80.